The van der Waals surface area contributed by atoms with Crippen molar-refractivity contribution in [1.29, 1.82) is 0 Å². The molecule has 0 radical (unpaired) electrons. The van der Waals surface area contributed by atoms with Gasteiger partial charge in [-0.25, -0.2) is 0 Å². The summed E-state index contributed by atoms with van der Waals surface area (Å²) in [7, 11) is -0.849. The summed E-state index contributed by atoms with van der Waals surface area (Å²) in [6, 6.07) is 69.0. The molecule has 2 atom stereocenters. The molecule has 2 aliphatic rings. The van der Waals surface area contributed by atoms with Crippen molar-refractivity contribution in [3.8, 4) is 16.8 Å². The minimum atomic E-state index is -0.849. The Balaban J connectivity index is 1.22. The molecule has 0 saturated carbocycles. The van der Waals surface area contributed by atoms with Gasteiger partial charge in [-0.15, -0.1) is 11.3 Å². The second-order valence-corrected chi connectivity index (χ2v) is 17.3. The van der Waals surface area contributed by atoms with Gasteiger partial charge in [0.25, 0.3) is 0 Å². The van der Waals surface area contributed by atoms with Crippen molar-refractivity contribution in [2.45, 2.75) is 5.41 Å². The highest BCUT2D eigenvalue weighted by atomic mass is 32.1. The largest absolute Gasteiger partial charge is 0.309 e. The molecule has 1 nitrogen and oxygen atoms in total. The van der Waals surface area contributed by atoms with Crippen LogP contribution in [0.2, 0.25) is 0 Å². The van der Waals surface area contributed by atoms with Gasteiger partial charge >= 0.3 is 0 Å². The maximum Gasteiger partial charge on any atom is 0.0755 e. The molecule has 2 aromatic heterocycles. The summed E-state index contributed by atoms with van der Waals surface area (Å²) in [6.45, 7) is 0. The van der Waals surface area contributed by atoms with Crippen LogP contribution >= 0.6 is 19.3 Å². The first-order valence-corrected chi connectivity index (χ1v) is 20.1. The first-order chi connectivity index (χ1) is 25.8. The minimum absolute atomic E-state index is 0.494. The number of thiophene rings is 1. The summed E-state index contributed by atoms with van der Waals surface area (Å²) in [6.07, 6.45) is 0. The molecule has 0 fully saturated rings. The van der Waals surface area contributed by atoms with Gasteiger partial charge in [-0.05, 0) is 93.6 Å². The van der Waals surface area contributed by atoms with E-state index in [-0.39, 0.29) is 0 Å². The number of hydrogen-bond acceptors (Lipinski definition) is 1. The molecule has 0 saturated heterocycles. The molecule has 1 unspecified atom stereocenters. The molecule has 12 rings (SSSR count). The van der Waals surface area contributed by atoms with E-state index >= 15 is 0 Å². The Morgan fingerprint density at radius 2 is 1.08 bits per heavy atom. The predicted molar refractivity (Wildman–Crippen MR) is 223 cm³/mol. The SMILES string of the molecule is c1ccc([P@]2c3ccccc3C3(c4ccccc4-n4c5ccccc5c5cccc3c54)c3ccc(-c4ccc5sc6ccccc6c5c4)cc32)cc1. The Kier molecular flexibility index (Phi) is 5.89. The Labute approximate surface area is 306 Å². The van der Waals surface area contributed by atoms with Crippen molar-refractivity contribution in [3.05, 3.63) is 204 Å². The number of para-hydroxylation sites is 3. The number of rotatable bonds is 2. The molecule has 0 bridgehead atoms. The zero-order chi connectivity index (χ0) is 34.0. The van der Waals surface area contributed by atoms with Crippen LogP contribution in [0.25, 0.3) is 58.8 Å². The van der Waals surface area contributed by atoms with Gasteiger partial charge in [-0.2, -0.15) is 0 Å². The number of aromatic nitrogens is 1. The Hall–Kier alpha value is -5.79. The number of benzene rings is 8. The molecule has 10 aromatic rings. The van der Waals surface area contributed by atoms with Gasteiger partial charge in [-0.1, -0.05) is 146 Å². The number of hydrogen-bond donors (Lipinski definition) is 0. The monoisotopic (exact) mass is 695 g/mol. The number of nitrogens with zero attached hydrogens (tertiary/aromatic N) is 1. The van der Waals surface area contributed by atoms with Crippen LogP contribution in [0.1, 0.15) is 22.3 Å². The van der Waals surface area contributed by atoms with E-state index in [0.29, 0.717) is 0 Å². The van der Waals surface area contributed by atoms with Gasteiger partial charge in [0.2, 0.25) is 0 Å². The molecule has 1 spiro atoms. The maximum absolute atomic E-state index is 2.55. The van der Waals surface area contributed by atoms with Crippen LogP contribution < -0.4 is 15.9 Å². The quantitative estimate of drug-likeness (QED) is 0.159. The Morgan fingerprint density at radius 3 is 2.00 bits per heavy atom. The normalized spacial score (nSPS) is 17.1. The van der Waals surface area contributed by atoms with Crippen LogP contribution in [0.3, 0.4) is 0 Å². The van der Waals surface area contributed by atoms with E-state index in [1.165, 1.54) is 97.0 Å². The van der Waals surface area contributed by atoms with E-state index in [2.05, 4.69) is 187 Å². The van der Waals surface area contributed by atoms with E-state index in [9.17, 15) is 0 Å². The van der Waals surface area contributed by atoms with Crippen LogP contribution in [-0.2, 0) is 5.41 Å². The summed E-state index contributed by atoms with van der Waals surface area (Å²) in [4.78, 5) is 0. The predicted octanol–water partition coefficient (Wildman–Crippen LogP) is 11.6. The molecule has 242 valence electrons. The summed E-state index contributed by atoms with van der Waals surface area (Å²) in [5, 5.41) is 9.54. The second kappa shape index (κ2) is 10.6. The average Bonchev–Trinajstić information content (AvgIpc) is 3.76. The molecule has 0 N–H and O–H groups in total. The second-order valence-electron chi connectivity index (χ2n) is 14.1. The van der Waals surface area contributed by atoms with Gasteiger partial charge < -0.3 is 4.57 Å². The fourth-order valence-electron chi connectivity index (χ4n) is 9.52. The van der Waals surface area contributed by atoms with Crippen LogP contribution in [-0.4, -0.2) is 4.57 Å². The number of fused-ring (bicyclic) bond motifs is 14. The molecular weight excluding hydrogens is 666 g/mol. The van der Waals surface area contributed by atoms with Crippen LogP contribution in [0.15, 0.2) is 182 Å². The van der Waals surface area contributed by atoms with Crippen molar-refractivity contribution < 1.29 is 0 Å². The zero-order valence-corrected chi connectivity index (χ0v) is 29.8. The molecule has 0 aliphatic carbocycles. The van der Waals surface area contributed by atoms with Gasteiger partial charge in [-0.3, -0.25) is 0 Å². The van der Waals surface area contributed by atoms with E-state index in [0.717, 1.165) is 0 Å². The molecule has 4 heterocycles. The summed E-state index contributed by atoms with van der Waals surface area (Å²) < 4.78 is 5.21. The molecule has 52 heavy (non-hydrogen) atoms. The molecule has 3 heteroatoms. The summed E-state index contributed by atoms with van der Waals surface area (Å²) >= 11 is 1.88. The lowest BCUT2D eigenvalue weighted by Crippen LogP contribution is -2.47. The third-order valence-corrected chi connectivity index (χ3v) is 15.3. The molecule has 2 aliphatic heterocycles. The lowest BCUT2D eigenvalue weighted by Gasteiger charge is -2.48. The third kappa shape index (κ3) is 3.66. The van der Waals surface area contributed by atoms with Crippen LogP contribution in [0.5, 0.6) is 0 Å². The lowest BCUT2D eigenvalue weighted by atomic mass is 9.62. The fourth-order valence-corrected chi connectivity index (χ4v) is 13.4. The smallest absolute Gasteiger partial charge is 0.0755 e. The van der Waals surface area contributed by atoms with Crippen molar-refractivity contribution in [3.63, 3.8) is 0 Å². The topological polar surface area (TPSA) is 4.93 Å². The van der Waals surface area contributed by atoms with Crippen LogP contribution in [0.4, 0.5) is 0 Å². The summed E-state index contributed by atoms with van der Waals surface area (Å²) in [5.74, 6) is 0. The third-order valence-electron chi connectivity index (χ3n) is 11.6. The zero-order valence-electron chi connectivity index (χ0n) is 28.1. The highest BCUT2D eigenvalue weighted by Gasteiger charge is 2.51. The van der Waals surface area contributed by atoms with Crippen molar-refractivity contribution >= 4 is 77.2 Å². The molecule has 8 aromatic carbocycles. The van der Waals surface area contributed by atoms with Gasteiger partial charge in [0.1, 0.15) is 0 Å². The van der Waals surface area contributed by atoms with E-state index in [1.54, 1.807) is 0 Å². The highest BCUT2D eigenvalue weighted by molar-refractivity contribution is 7.80. The first-order valence-electron chi connectivity index (χ1n) is 17.9. The standard InChI is InChI=1S/C49H30NPS/c1-2-13-33(14-3-1)51-44-23-10-7-19-39(44)49(38-18-6-9-22-43(38)50-42-21-8-4-15-34(42)36-17-12-20-41(49)48(36)50)40-27-25-32(30-45(40)51)31-26-28-47-37(29-31)35-16-5-11-24-46(35)52-47/h1-30H/t49?,51-/m1/s1. The molecule has 0 amide bonds. The Morgan fingerprint density at radius 1 is 0.423 bits per heavy atom. The minimum Gasteiger partial charge on any atom is -0.309 e. The van der Waals surface area contributed by atoms with Crippen molar-refractivity contribution in [2.75, 3.05) is 0 Å². The van der Waals surface area contributed by atoms with E-state index in [1.807, 2.05) is 11.3 Å². The molecular formula is C49H30NPS. The lowest BCUT2D eigenvalue weighted by molar-refractivity contribution is 0.734. The van der Waals surface area contributed by atoms with Crippen LogP contribution in [0, 0.1) is 0 Å². The highest BCUT2D eigenvalue weighted by Crippen LogP contribution is 2.58. The van der Waals surface area contributed by atoms with Gasteiger partial charge in [0.15, 0.2) is 0 Å². The Bertz CT molecular complexity index is 3100. The van der Waals surface area contributed by atoms with Crippen molar-refractivity contribution in [1.82, 2.24) is 4.57 Å². The van der Waals surface area contributed by atoms with Gasteiger partial charge in [0, 0.05) is 30.9 Å². The van der Waals surface area contributed by atoms with E-state index < -0.39 is 13.3 Å². The first kappa shape index (κ1) is 28.9. The van der Waals surface area contributed by atoms with E-state index in [4.69, 9.17) is 0 Å². The maximum atomic E-state index is 2.55. The van der Waals surface area contributed by atoms with Gasteiger partial charge in [0.05, 0.1) is 22.1 Å². The average molecular weight is 696 g/mol. The van der Waals surface area contributed by atoms with Crippen molar-refractivity contribution in [2.24, 2.45) is 0 Å². The fraction of sp³-hybridized carbons (Fsp3) is 0.0204. The summed E-state index contributed by atoms with van der Waals surface area (Å²) in [5.41, 5.74) is 11.4.